The van der Waals surface area contributed by atoms with E-state index in [4.69, 9.17) is 0 Å². The van der Waals surface area contributed by atoms with Crippen LogP contribution < -0.4 is 10.6 Å². The number of sulfone groups is 1. The first-order valence-electron chi connectivity index (χ1n) is 6.96. The van der Waals surface area contributed by atoms with Crippen molar-refractivity contribution in [1.82, 2.24) is 10.6 Å². The molecule has 2 rings (SSSR count). The van der Waals surface area contributed by atoms with Crippen molar-refractivity contribution < 1.29 is 22.0 Å². The summed E-state index contributed by atoms with van der Waals surface area (Å²) in [6.07, 6.45) is 0.543. The second-order valence-electron chi connectivity index (χ2n) is 5.52. The smallest absolute Gasteiger partial charge is 0.315 e. The summed E-state index contributed by atoms with van der Waals surface area (Å²) in [4.78, 5) is 11.8. The molecule has 0 radical (unpaired) electrons. The number of nitrogens with one attached hydrogen (secondary N) is 2. The van der Waals surface area contributed by atoms with Gasteiger partial charge in [-0.1, -0.05) is 6.07 Å². The van der Waals surface area contributed by atoms with Gasteiger partial charge < -0.3 is 10.6 Å². The van der Waals surface area contributed by atoms with Crippen molar-refractivity contribution in [3.8, 4) is 0 Å². The maximum absolute atomic E-state index is 13.1. The van der Waals surface area contributed by atoms with Crippen molar-refractivity contribution in [2.24, 2.45) is 5.92 Å². The third-order valence-corrected chi connectivity index (χ3v) is 5.51. The SMILES string of the molecule is C[C@H](NC(=O)NC[C@H]1CCS(=O)(=O)C1)c1ccc(F)c(F)c1. The third kappa shape index (κ3) is 4.40. The van der Waals surface area contributed by atoms with Crippen molar-refractivity contribution in [3.63, 3.8) is 0 Å². The molecule has 1 aromatic rings. The van der Waals surface area contributed by atoms with Gasteiger partial charge in [-0.2, -0.15) is 0 Å². The van der Waals surface area contributed by atoms with E-state index in [9.17, 15) is 22.0 Å². The fraction of sp³-hybridized carbons (Fsp3) is 0.500. The quantitative estimate of drug-likeness (QED) is 0.882. The molecule has 1 aliphatic rings. The molecule has 2 amide bonds. The molecule has 8 heteroatoms. The maximum atomic E-state index is 13.1. The van der Waals surface area contributed by atoms with E-state index in [2.05, 4.69) is 10.6 Å². The monoisotopic (exact) mass is 332 g/mol. The van der Waals surface area contributed by atoms with E-state index in [-0.39, 0.29) is 24.0 Å². The molecular formula is C14H18F2N2O3S. The van der Waals surface area contributed by atoms with Crippen LogP contribution in [0.25, 0.3) is 0 Å². The van der Waals surface area contributed by atoms with Gasteiger partial charge in [-0.25, -0.2) is 22.0 Å². The zero-order valence-corrected chi connectivity index (χ0v) is 12.9. The van der Waals surface area contributed by atoms with Crippen molar-refractivity contribution in [2.75, 3.05) is 18.1 Å². The third-order valence-electron chi connectivity index (χ3n) is 3.67. The van der Waals surface area contributed by atoms with Gasteiger partial charge in [0.1, 0.15) is 0 Å². The number of carbonyl (C=O) groups is 1. The van der Waals surface area contributed by atoms with Crippen LogP contribution in [-0.2, 0) is 9.84 Å². The van der Waals surface area contributed by atoms with Crippen LogP contribution >= 0.6 is 0 Å². The molecule has 1 fully saturated rings. The summed E-state index contributed by atoms with van der Waals surface area (Å²) in [5.74, 6) is -1.74. The molecule has 2 atom stereocenters. The number of amides is 2. The lowest BCUT2D eigenvalue weighted by Gasteiger charge is -2.16. The van der Waals surface area contributed by atoms with Crippen LogP contribution in [0.4, 0.5) is 13.6 Å². The Labute approximate surface area is 128 Å². The van der Waals surface area contributed by atoms with Gasteiger partial charge in [-0.15, -0.1) is 0 Å². The van der Waals surface area contributed by atoms with Crippen molar-refractivity contribution in [2.45, 2.75) is 19.4 Å². The van der Waals surface area contributed by atoms with Gasteiger partial charge in [0.25, 0.3) is 0 Å². The van der Waals surface area contributed by atoms with Gasteiger partial charge in [0, 0.05) is 6.54 Å². The number of benzene rings is 1. The van der Waals surface area contributed by atoms with E-state index in [1.165, 1.54) is 6.07 Å². The highest BCUT2D eigenvalue weighted by atomic mass is 32.2. The Bertz CT molecular complexity index is 664. The summed E-state index contributed by atoms with van der Waals surface area (Å²) < 4.78 is 48.6. The van der Waals surface area contributed by atoms with Crippen molar-refractivity contribution >= 4 is 15.9 Å². The van der Waals surface area contributed by atoms with Crippen LogP contribution in [0, 0.1) is 17.6 Å². The molecule has 0 unspecified atom stereocenters. The molecule has 0 aliphatic carbocycles. The van der Waals surface area contributed by atoms with E-state index in [0.717, 1.165) is 12.1 Å². The lowest BCUT2D eigenvalue weighted by atomic mass is 10.1. The number of hydrogen-bond donors (Lipinski definition) is 2. The predicted octanol–water partition coefficient (Wildman–Crippen LogP) is 1.76. The van der Waals surface area contributed by atoms with Crippen LogP contribution in [0.5, 0.6) is 0 Å². The lowest BCUT2D eigenvalue weighted by molar-refractivity contribution is 0.236. The average Bonchev–Trinajstić information content (AvgIpc) is 2.79. The van der Waals surface area contributed by atoms with Gasteiger partial charge >= 0.3 is 6.03 Å². The minimum Gasteiger partial charge on any atom is -0.338 e. The van der Waals surface area contributed by atoms with Gasteiger partial charge in [-0.05, 0) is 37.0 Å². The standard InChI is InChI=1S/C14H18F2N2O3S/c1-9(11-2-3-12(15)13(16)6-11)18-14(19)17-7-10-4-5-22(20,21)8-10/h2-3,6,9-10H,4-5,7-8H2,1H3,(H2,17,18,19)/t9-,10+/m0/s1. The average molecular weight is 332 g/mol. The first-order chi connectivity index (χ1) is 10.3. The molecule has 1 aromatic carbocycles. The normalized spacial score (nSPS) is 21.3. The Hall–Kier alpha value is -1.70. The molecule has 122 valence electrons. The van der Waals surface area contributed by atoms with E-state index in [0.29, 0.717) is 12.0 Å². The molecule has 0 spiro atoms. The molecular weight excluding hydrogens is 314 g/mol. The second-order valence-corrected chi connectivity index (χ2v) is 7.75. The van der Waals surface area contributed by atoms with Crippen LogP contribution in [0.1, 0.15) is 24.9 Å². The highest BCUT2D eigenvalue weighted by molar-refractivity contribution is 7.91. The van der Waals surface area contributed by atoms with Crippen LogP contribution in [0.2, 0.25) is 0 Å². The Morgan fingerprint density at radius 3 is 2.68 bits per heavy atom. The largest absolute Gasteiger partial charge is 0.338 e. The first kappa shape index (κ1) is 16.7. The molecule has 0 saturated carbocycles. The molecule has 5 nitrogen and oxygen atoms in total. The number of urea groups is 1. The highest BCUT2D eigenvalue weighted by Crippen LogP contribution is 2.18. The first-order valence-corrected chi connectivity index (χ1v) is 8.79. The van der Waals surface area contributed by atoms with E-state index in [1.807, 2.05) is 0 Å². The van der Waals surface area contributed by atoms with Crippen LogP contribution in [-0.4, -0.2) is 32.5 Å². The van der Waals surface area contributed by atoms with Gasteiger partial charge in [-0.3, -0.25) is 0 Å². The minimum absolute atomic E-state index is 0.0747. The molecule has 1 aliphatic heterocycles. The van der Waals surface area contributed by atoms with Crippen LogP contribution in [0.15, 0.2) is 18.2 Å². The Kier molecular flexibility index (Phi) is 5.00. The number of hydrogen-bond acceptors (Lipinski definition) is 3. The summed E-state index contributed by atoms with van der Waals surface area (Å²) in [6.45, 7) is 1.92. The molecule has 2 N–H and O–H groups in total. The fourth-order valence-corrected chi connectivity index (χ4v) is 4.24. The predicted molar refractivity (Wildman–Crippen MR) is 78.1 cm³/mol. The van der Waals surface area contributed by atoms with Crippen LogP contribution in [0.3, 0.4) is 0 Å². The number of carbonyl (C=O) groups excluding carboxylic acids is 1. The summed E-state index contributed by atoms with van der Waals surface area (Å²) in [6, 6.07) is 2.46. The zero-order valence-electron chi connectivity index (χ0n) is 12.1. The Morgan fingerprint density at radius 2 is 2.09 bits per heavy atom. The van der Waals surface area contributed by atoms with Gasteiger partial charge in [0.15, 0.2) is 21.5 Å². The molecule has 1 saturated heterocycles. The minimum atomic E-state index is -2.97. The molecule has 1 heterocycles. The maximum Gasteiger partial charge on any atom is 0.315 e. The Morgan fingerprint density at radius 1 is 1.36 bits per heavy atom. The summed E-state index contributed by atoms with van der Waals surface area (Å²) in [7, 11) is -2.97. The molecule has 0 aromatic heterocycles. The van der Waals surface area contributed by atoms with E-state index in [1.54, 1.807) is 6.92 Å². The van der Waals surface area contributed by atoms with E-state index < -0.39 is 33.5 Å². The zero-order chi connectivity index (χ0) is 16.3. The summed E-state index contributed by atoms with van der Waals surface area (Å²) in [5, 5.41) is 5.21. The topological polar surface area (TPSA) is 75.3 Å². The van der Waals surface area contributed by atoms with Gasteiger partial charge in [0.05, 0.1) is 17.5 Å². The second kappa shape index (κ2) is 6.60. The van der Waals surface area contributed by atoms with E-state index >= 15 is 0 Å². The molecule has 22 heavy (non-hydrogen) atoms. The summed E-state index contributed by atoms with van der Waals surface area (Å²) >= 11 is 0. The number of halogens is 2. The Balaban J connectivity index is 1.82. The van der Waals surface area contributed by atoms with Gasteiger partial charge in [0.2, 0.25) is 0 Å². The number of rotatable bonds is 4. The molecule has 0 bridgehead atoms. The summed E-state index contributed by atoms with van der Waals surface area (Å²) in [5.41, 5.74) is 0.442. The fourth-order valence-electron chi connectivity index (χ4n) is 2.38. The highest BCUT2D eigenvalue weighted by Gasteiger charge is 2.28. The lowest BCUT2D eigenvalue weighted by Crippen LogP contribution is -2.39. The van der Waals surface area contributed by atoms with Crippen molar-refractivity contribution in [1.29, 1.82) is 0 Å². The van der Waals surface area contributed by atoms with Crippen molar-refractivity contribution in [3.05, 3.63) is 35.4 Å².